The van der Waals surface area contributed by atoms with E-state index in [0.29, 0.717) is 17.2 Å². The number of H-pyrrole nitrogens is 1. The number of esters is 1. The van der Waals surface area contributed by atoms with E-state index in [-0.39, 0.29) is 17.9 Å². The summed E-state index contributed by atoms with van der Waals surface area (Å²) in [5.74, 6) is -0.0880. The Morgan fingerprint density at radius 2 is 1.97 bits per heavy atom. The Bertz CT molecular complexity index is 1270. The molecule has 6 nitrogen and oxygen atoms in total. The van der Waals surface area contributed by atoms with Gasteiger partial charge in [-0.2, -0.15) is 18.4 Å². The summed E-state index contributed by atoms with van der Waals surface area (Å²) in [6, 6.07) is 13.2. The molecule has 9 heteroatoms. The number of aromatic amines is 1. The number of benzene rings is 2. The fourth-order valence-electron chi connectivity index (χ4n) is 4.01. The number of allylic oxidation sites excluding steroid dienone is 1. The number of carbonyl (C=O) groups excluding carboxylic acids is 1. The van der Waals surface area contributed by atoms with E-state index in [9.17, 15) is 18.0 Å². The number of alkyl halides is 3. The number of nitrogens with zero attached hydrogens (tertiary/aromatic N) is 3. The number of anilines is 2. The summed E-state index contributed by atoms with van der Waals surface area (Å²) < 4.78 is 47.2. The molecule has 0 fully saturated rings. The Hall–Kier alpha value is -4.06. The van der Waals surface area contributed by atoms with Gasteiger partial charge < -0.3 is 4.74 Å². The van der Waals surface area contributed by atoms with E-state index in [1.54, 1.807) is 66.0 Å². The molecule has 4 rings (SSSR count). The quantitative estimate of drug-likeness (QED) is 0.456. The minimum atomic E-state index is -4.51. The first-order valence-electron chi connectivity index (χ1n) is 10.2. The van der Waals surface area contributed by atoms with Crippen LogP contribution in [0.4, 0.5) is 24.8 Å². The van der Waals surface area contributed by atoms with Crippen molar-refractivity contribution in [1.82, 2.24) is 4.98 Å². The van der Waals surface area contributed by atoms with Gasteiger partial charge in [0, 0.05) is 0 Å². The number of hydrogen-bond donors (Lipinski definition) is 1. The van der Waals surface area contributed by atoms with Crippen molar-refractivity contribution in [3.63, 3.8) is 0 Å². The highest BCUT2D eigenvalue weighted by molar-refractivity contribution is 5.92. The van der Waals surface area contributed by atoms with E-state index in [0.717, 1.165) is 17.7 Å². The third-order valence-electron chi connectivity index (χ3n) is 5.46. The molecule has 168 valence electrons. The SMILES string of the molecule is CCOC(=O)C1=C(C)N(c2cccc(C(F)(F)F)c2)c2[nH]cc[n+]2[C@@H]1c1ccc(C#N)cc1. The van der Waals surface area contributed by atoms with E-state index in [1.165, 1.54) is 6.07 Å². The maximum atomic E-state index is 13.4. The molecule has 0 amide bonds. The van der Waals surface area contributed by atoms with Crippen LogP contribution in [0.15, 0.2) is 72.2 Å². The van der Waals surface area contributed by atoms with Gasteiger partial charge in [-0.15, -0.1) is 0 Å². The van der Waals surface area contributed by atoms with Crippen LogP contribution >= 0.6 is 0 Å². The second-order valence-electron chi connectivity index (χ2n) is 7.43. The summed E-state index contributed by atoms with van der Waals surface area (Å²) in [5.41, 5.74) is 1.38. The molecule has 0 saturated heterocycles. The van der Waals surface area contributed by atoms with Crippen molar-refractivity contribution >= 4 is 17.6 Å². The van der Waals surface area contributed by atoms with Crippen LogP contribution < -0.4 is 9.47 Å². The zero-order valence-electron chi connectivity index (χ0n) is 17.8. The lowest BCUT2D eigenvalue weighted by atomic mass is 9.93. The van der Waals surface area contributed by atoms with Crippen molar-refractivity contribution in [2.75, 3.05) is 11.5 Å². The van der Waals surface area contributed by atoms with Crippen LogP contribution in [0.3, 0.4) is 0 Å². The molecule has 3 aromatic rings. The Morgan fingerprint density at radius 1 is 1.24 bits per heavy atom. The Kier molecular flexibility index (Phi) is 5.68. The highest BCUT2D eigenvalue weighted by atomic mass is 19.4. The van der Waals surface area contributed by atoms with Crippen LogP contribution in [-0.2, 0) is 15.7 Å². The van der Waals surface area contributed by atoms with Gasteiger partial charge in [-0.3, -0.25) is 0 Å². The first-order chi connectivity index (χ1) is 15.8. The minimum Gasteiger partial charge on any atom is -0.462 e. The number of ether oxygens (including phenoxy) is 1. The van der Waals surface area contributed by atoms with Crippen LogP contribution in [0.2, 0.25) is 0 Å². The molecule has 1 N–H and O–H groups in total. The lowest BCUT2D eigenvalue weighted by Gasteiger charge is -2.31. The zero-order valence-corrected chi connectivity index (χ0v) is 17.8. The Labute approximate surface area is 188 Å². The van der Waals surface area contributed by atoms with Crippen LogP contribution in [0.1, 0.15) is 36.6 Å². The van der Waals surface area contributed by atoms with Crippen molar-refractivity contribution in [2.45, 2.75) is 26.1 Å². The van der Waals surface area contributed by atoms with Gasteiger partial charge in [-0.05, 0) is 49.7 Å². The van der Waals surface area contributed by atoms with E-state index in [4.69, 9.17) is 10.00 Å². The number of nitriles is 1. The number of imidazole rings is 1. The lowest BCUT2D eigenvalue weighted by molar-refractivity contribution is -0.692. The molecule has 2 heterocycles. The molecule has 0 radical (unpaired) electrons. The molecule has 1 atom stereocenters. The van der Waals surface area contributed by atoms with E-state index >= 15 is 0 Å². The standard InChI is InChI=1S/C24H19F3N4O2/c1-3-33-22(32)20-15(2)31(19-6-4-5-18(13-19)24(25,26)27)23-29-11-12-30(23)21(20)17-9-7-16(14-28)8-10-17/h4-13,21H,3H2,1-2H3/p+1/t21-/m1/s1. The lowest BCUT2D eigenvalue weighted by Crippen LogP contribution is -2.50. The topological polar surface area (TPSA) is 73.0 Å². The average Bonchev–Trinajstić information content (AvgIpc) is 3.27. The third kappa shape index (κ3) is 3.96. The first kappa shape index (κ1) is 22.1. The molecular weight excluding hydrogens is 433 g/mol. The first-order valence-corrected chi connectivity index (χ1v) is 10.2. The third-order valence-corrected chi connectivity index (χ3v) is 5.46. The van der Waals surface area contributed by atoms with Crippen LogP contribution in [0, 0.1) is 11.3 Å². The molecule has 2 aromatic carbocycles. The van der Waals surface area contributed by atoms with Gasteiger partial charge in [0.05, 0.1) is 41.9 Å². The number of rotatable bonds is 4. The Balaban J connectivity index is 1.93. The van der Waals surface area contributed by atoms with Gasteiger partial charge in [-0.1, -0.05) is 18.2 Å². The fraction of sp³-hybridized carbons (Fsp3) is 0.208. The monoisotopic (exact) mass is 453 g/mol. The number of nitrogens with one attached hydrogen (secondary N) is 1. The Morgan fingerprint density at radius 3 is 2.61 bits per heavy atom. The van der Waals surface area contributed by atoms with Gasteiger partial charge in [0.15, 0.2) is 0 Å². The predicted molar refractivity (Wildman–Crippen MR) is 113 cm³/mol. The van der Waals surface area contributed by atoms with Crippen molar-refractivity contribution in [2.24, 2.45) is 0 Å². The van der Waals surface area contributed by atoms with Crippen LogP contribution in [0.5, 0.6) is 0 Å². The van der Waals surface area contributed by atoms with Gasteiger partial charge in [0.25, 0.3) is 0 Å². The van der Waals surface area contributed by atoms with Crippen molar-refractivity contribution in [3.05, 3.63) is 88.9 Å². The molecule has 1 aliphatic rings. The smallest absolute Gasteiger partial charge is 0.416 e. The van der Waals surface area contributed by atoms with Gasteiger partial charge >= 0.3 is 18.1 Å². The second kappa shape index (κ2) is 8.47. The minimum absolute atomic E-state index is 0.143. The second-order valence-corrected chi connectivity index (χ2v) is 7.43. The molecular formula is C24H20F3N4O2+. The summed E-state index contributed by atoms with van der Waals surface area (Å²) in [7, 11) is 0. The zero-order chi connectivity index (χ0) is 23.8. The molecule has 0 aliphatic carbocycles. The van der Waals surface area contributed by atoms with E-state index in [2.05, 4.69) is 11.1 Å². The van der Waals surface area contributed by atoms with Crippen LogP contribution in [0.25, 0.3) is 0 Å². The van der Waals surface area contributed by atoms with Gasteiger partial charge in [0.2, 0.25) is 0 Å². The summed E-state index contributed by atoms with van der Waals surface area (Å²) >= 11 is 0. The number of fused-ring (bicyclic) bond motifs is 1. The van der Waals surface area contributed by atoms with Gasteiger partial charge in [-0.25, -0.2) is 19.2 Å². The molecule has 1 aliphatic heterocycles. The summed E-state index contributed by atoms with van der Waals surface area (Å²) in [5, 5.41) is 9.13. The summed E-state index contributed by atoms with van der Waals surface area (Å²) in [6.07, 6.45) is -1.15. The molecule has 1 aromatic heterocycles. The van der Waals surface area contributed by atoms with E-state index in [1.807, 2.05) is 0 Å². The highest BCUT2D eigenvalue weighted by Gasteiger charge is 2.43. The van der Waals surface area contributed by atoms with Crippen molar-refractivity contribution in [3.8, 4) is 6.07 Å². The number of hydrogen-bond acceptors (Lipinski definition) is 4. The van der Waals surface area contributed by atoms with Crippen molar-refractivity contribution < 1.29 is 27.3 Å². The summed E-state index contributed by atoms with van der Waals surface area (Å²) in [4.78, 5) is 17.7. The average molecular weight is 453 g/mol. The maximum absolute atomic E-state index is 13.4. The molecule has 0 spiro atoms. The van der Waals surface area contributed by atoms with Crippen molar-refractivity contribution in [1.29, 1.82) is 5.26 Å². The van der Waals surface area contributed by atoms with Crippen LogP contribution in [-0.4, -0.2) is 17.6 Å². The summed E-state index contributed by atoms with van der Waals surface area (Å²) in [6.45, 7) is 3.50. The molecule has 0 saturated carbocycles. The predicted octanol–water partition coefficient (Wildman–Crippen LogP) is 4.77. The normalized spacial score (nSPS) is 15.8. The number of carbonyl (C=O) groups is 1. The largest absolute Gasteiger partial charge is 0.462 e. The highest BCUT2D eigenvalue weighted by Crippen LogP contribution is 2.40. The molecule has 33 heavy (non-hydrogen) atoms. The van der Waals surface area contributed by atoms with Gasteiger partial charge in [0.1, 0.15) is 17.3 Å². The number of halogens is 3. The molecule has 0 bridgehead atoms. The number of aromatic nitrogens is 2. The van der Waals surface area contributed by atoms with E-state index < -0.39 is 23.8 Å². The maximum Gasteiger partial charge on any atom is 0.416 e. The fourth-order valence-corrected chi connectivity index (χ4v) is 4.01. The molecule has 0 unspecified atom stereocenters.